The number of thioether (sulfide) groups is 1. The number of ether oxygens (including phenoxy) is 1. The molecule has 1 N–H and O–H groups in total. The number of hydroxylamine groups is 3. The number of sulfone groups is 1. The predicted octanol–water partition coefficient (Wildman–Crippen LogP) is 0.716. The van der Waals surface area contributed by atoms with Crippen LogP contribution >= 0.6 is 27.7 Å². The van der Waals surface area contributed by atoms with Crippen LogP contribution in [0, 0.1) is 0 Å². The van der Waals surface area contributed by atoms with Crippen molar-refractivity contribution in [2.24, 2.45) is 0 Å². The molecular weight excluding hydrogens is 506 g/mol. The molecule has 0 aliphatic carbocycles. The Bertz CT molecular complexity index is 1120. The number of esters is 1. The number of carbonyl (C=O) groups excluding carboxylic acids is 2. The molecule has 4 atom stereocenters. The highest BCUT2D eigenvalue weighted by Gasteiger charge is 2.84. The number of fused-ring (bicyclic) bond motifs is 2. The van der Waals surface area contributed by atoms with Crippen LogP contribution in [-0.2, 0) is 40.3 Å². The van der Waals surface area contributed by atoms with Crippen molar-refractivity contribution in [3.05, 3.63) is 23.0 Å². The molecule has 0 spiro atoms. The SMILES string of the molecule is CO[N+]12C(=O)C(Br)(C(OC(C)=O)c3cn4c(n3)S(=O)(=O)CCC4)[C@H]1SC=C2C(=O)O. The number of aromatic nitrogens is 2. The second-order valence-corrected chi connectivity index (χ2v) is 11.3. The van der Waals surface area contributed by atoms with Crippen molar-refractivity contribution in [2.75, 3.05) is 12.9 Å². The van der Waals surface area contributed by atoms with Crippen LogP contribution in [0.15, 0.2) is 22.5 Å². The number of halogens is 1. The molecule has 1 aromatic rings. The largest absolute Gasteiger partial charge is 0.474 e. The molecule has 30 heavy (non-hydrogen) atoms. The van der Waals surface area contributed by atoms with E-state index in [1.54, 1.807) is 0 Å². The first-order chi connectivity index (χ1) is 14.0. The Kier molecular flexibility index (Phi) is 4.93. The van der Waals surface area contributed by atoms with Crippen LogP contribution in [0.25, 0.3) is 0 Å². The van der Waals surface area contributed by atoms with E-state index in [1.165, 1.54) is 23.3 Å². The normalized spacial score (nSPS) is 32.4. The molecule has 4 rings (SSSR count). The number of amides is 1. The highest BCUT2D eigenvalue weighted by atomic mass is 79.9. The monoisotopic (exact) mass is 522 g/mol. The first kappa shape index (κ1) is 21.5. The first-order valence-electron chi connectivity index (χ1n) is 8.75. The Balaban J connectivity index is 1.80. The molecule has 0 saturated carbocycles. The van der Waals surface area contributed by atoms with Crippen molar-refractivity contribution in [3.63, 3.8) is 0 Å². The van der Waals surface area contributed by atoms with E-state index in [1.807, 2.05) is 0 Å². The number of nitrogens with zero attached hydrogens (tertiary/aromatic N) is 3. The molecule has 1 fully saturated rings. The minimum atomic E-state index is -3.60. The second kappa shape index (κ2) is 6.88. The van der Waals surface area contributed by atoms with Crippen molar-refractivity contribution in [1.82, 2.24) is 9.55 Å². The van der Waals surface area contributed by atoms with E-state index in [-0.39, 0.29) is 22.3 Å². The zero-order valence-corrected chi connectivity index (χ0v) is 19.0. The molecule has 0 aromatic carbocycles. The van der Waals surface area contributed by atoms with Gasteiger partial charge in [0.2, 0.25) is 20.4 Å². The van der Waals surface area contributed by atoms with Gasteiger partial charge >= 0.3 is 17.8 Å². The van der Waals surface area contributed by atoms with E-state index in [9.17, 15) is 27.9 Å². The van der Waals surface area contributed by atoms with Crippen molar-refractivity contribution < 1.29 is 42.1 Å². The quantitative estimate of drug-likeness (QED) is 0.254. The maximum Gasteiger partial charge on any atom is 0.394 e. The number of quaternary nitrogens is 1. The van der Waals surface area contributed by atoms with Gasteiger partial charge in [-0.3, -0.25) is 4.79 Å². The summed E-state index contributed by atoms with van der Waals surface area (Å²) >= 11 is 4.42. The molecule has 3 aliphatic rings. The number of hydrogen-bond donors (Lipinski definition) is 1. The van der Waals surface area contributed by atoms with Crippen molar-refractivity contribution in [3.8, 4) is 0 Å². The lowest BCUT2D eigenvalue weighted by Crippen LogP contribution is -2.80. The van der Waals surface area contributed by atoms with Gasteiger partial charge in [-0.2, -0.15) is 4.84 Å². The number of carbonyl (C=O) groups is 3. The van der Waals surface area contributed by atoms with Crippen LogP contribution < -0.4 is 0 Å². The average Bonchev–Trinajstić information content (AvgIpc) is 3.26. The van der Waals surface area contributed by atoms with Crippen LogP contribution in [0.1, 0.15) is 25.1 Å². The minimum absolute atomic E-state index is 0.0475. The minimum Gasteiger partial charge on any atom is -0.474 e. The van der Waals surface area contributed by atoms with Gasteiger partial charge in [-0.1, -0.05) is 32.3 Å². The molecule has 3 unspecified atom stereocenters. The standard InChI is InChI=1S/C16H16BrN3O8S2/c1-8(21)28-11(9-6-19-4-3-5-30(25,26)15(19)18-9)16(17)13(24)20(27-2)10(12(22)23)7-29-14(16)20/h6-7,11,14H,3-5H2,1-2H3/p+1/t11?,14-,16?,20?/m1/s1. The van der Waals surface area contributed by atoms with Crippen LogP contribution in [0.2, 0.25) is 0 Å². The maximum atomic E-state index is 13.3. The number of aliphatic carboxylic acids is 1. The third-order valence-electron chi connectivity index (χ3n) is 5.28. The van der Waals surface area contributed by atoms with Gasteiger partial charge < -0.3 is 14.4 Å². The number of β-lactam (4-membered cyclic amide) rings is 1. The Morgan fingerprint density at radius 1 is 1.50 bits per heavy atom. The molecule has 0 bridgehead atoms. The fraction of sp³-hybridized carbons (Fsp3) is 0.500. The van der Waals surface area contributed by atoms with Gasteiger partial charge in [0.15, 0.2) is 6.10 Å². The molecule has 14 heteroatoms. The molecule has 4 heterocycles. The van der Waals surface area contributed by atoms with Crippen LogP contribution in [-0.4, -0.2) is 68.1 Å². The lowest BCUT2D eigenvalue weighted by molar-refractivity contribution is -1.04. The van der Waals surface area contributed by atoms with Gasteiger partial charge in [0, 0.05) is 25.1 Å². The summed E-state index contributed by atoms with van der Waals surface area (Å²) < 4.78 is 29.1. The van der Waals surface area contributed by atoms with E-state index < -0.39 is 48.1 Å². The van der Waals surface area contributed by atoms with Crippen molar-refractivity contribution >= 4 is 55.4 Å². The zero-order chi connectivity index (χ0) is 22.1. The van der Waals surface area contributed by atoms with E-state index in [2.05, 4.69) is 20.9 Å². The molecule has 0 radical (unpaired) electrons. The van der Waals surface area contributed by atoms with E-state index in [0.29, 0.717) is 13.0 Å². The second-order valence-electron chi connectivity index (χ2n) is 7.01. The number of alkyl halides is 1. The summed E-state index contributed by atoms with van der Waals surface area (Å²) in [5.41, 5.74) is -0.185. The Morgan fingerprint density at radius 3 is 2.77 bits per heavy atom. The van der Waals surface area contributed by atoms with Gasteiger partial charge in [0.25, 0.3) is 10.0 Å². The van der Waals surface area contributed by atoms with Gasteiger partial charge in [0.05, 0.1) is 12.9 Å². The fourth-order valence-corrected chi connectivity index (χ4v) is 8.05. The number of imidazole rings is 1. The van der Waals surface area contributed by atoms with Gasteiger partial charge in [0.1, 0.15) is 5.69 Å². The van der Waals surface area contributed by atoms with E-state index in [4.69, 9.17) is 9.57 Å². The summed E-state index contributed by atoms with van der Waals surface area (Å²) in [6.45, 7) is 1.57. The number of aryl methyl sites for hydroxylation is 1. The summed E-state index contributed by atoms with van der Waals surface area (Å²) in [5, 5.41) is 9.80. The summed E-state index contributed by atoms with van der Waals surface area (Å²) in [6, 6.07) is 0. The van der Waals surface area contributed by atoms with Crippen LogP contribution in [0.3, 0.4) is 0 Å². The highest BCUT2D eigenvalue weighted by Crippen LogP contribution is 2.62. The Morgan fingerprint density at radius 2 is 2.20 bits per heavy atom. The van der Waals surface area contributed by atoms with Gasteiger partial charge in [-0.25, -0.2) is 23.0 Å². The maximum absolute atomic E-state index is 13.3. The summed E-state index contributed by atoms with van der Waals surface area (Å²) in [4.78, 5) is 46.3. The molecule has 1 amide bonds. The Hall–Kier alpha value is -1.74. The molecule has 162 valence electrons. The lowest BCUT2D eigenvalue weighted by atomic mass is 9.88. The molecule has 11 nitrogen and oxygen atoms in total. The fourth-order valence-electron chi connectivity index (χ4n) is 4.00. The molecule has 3 aliphatic heterocycles. The van der Waals surface area contributed by atoms with Crippen molar-refractivity contribution in [2.45, 2.75) is 40.8 Å². The first-order valence-corrected chi connectivity index (χ1v) is 12.1. The van der Waals surface area contributed by atoms with Gasteiger partial charge in [-0.15, -0.1) is 0 Å². The lowest BCUT2D eigenvalue weighted by Gasteiger charge is -2.51. The number of carboxylic acid groups (broad SMARTS) is 1. The van der Waals surface area contributed by atoms with Crippen LogP contribution in [0.4, 0.5) is 0 Å². The van der Waals surface area contributed by atoms with E-state index >= 15 is 0 Å². The smallest absolute Gasteiger partial charge is 0.394 e. The molecule has 1 saturated heterocycles. The number of carboxylic acids is 1. The predicted molar refractivity (Wildman–Crippen MR) is 104 cm³/mol. The third kappa shape index (κ3) is 2.67. The average molecular weight is 523 g/mol. The summed E-state index contributed by atoms with van der Waals surface area (Å²) in [5.74, 6) is -2.78. The van der Waals surface area contributed by atoms with E-state index in [0.717, 1.165) is 18.7 Å². The third-order valence-corrected chi connectivity index (χ3v) is 9.76. The number of rotatable bonds is 5. The molecule has 1 aromatic heterocycles. The highest BCUT2D eigenvalue weighted by molar-refractivity contribution is 9.10. The number of hydrogen-bond acceptors (Lipinski definition) is 9. The molecular formula is C16H17BrN3O8S2+. The van der Waals surface area contributed by atoms with Crippen molar-refractivity contribution in [1.29, 1.82) is 0 Å². The zero-order valence-electron chi connectivity index (χ0n) is 15.8. The summed E-state index contributed by atoms with van der Waals surface area (Å²) in [7, 11) is -2.38. The topological polar surface area (TPSA) is 142 Å². The summed E-state index contributed by atoms with van der Waals surface area (Å²) in [6.07, 6.45) is 0.563. The Labute approximate surface area is 183 Å². The van der Waals surface area contributed by atoms with Crippen LogP contribution in [0.5, 0.6) is 0 Å². The van der Waals surface area contributed by atoms with Gasteiger partial charge in [-0.05, 0) is 6.42 Å².